The van der Waals surface area contributed by atoms with E-state index in [0.717, 1.165) is 0 Å². The number of nitriles is 1. The van der Waals surface area contributed by atoms with Crippen molar-refractivity contribution in [3.05, 3.63) is 41.9 Å². The average Bonchev–Trinajstić information content (AvgIpc) is 3.06. The van der Waals surface area contributed by atoms with Gasteiger partial charge in [0.05, 0.1) is 11.9 Å². The quantitative estimate of drug-likeness (QED) is 0.499. The number of carbonyl (C=O) groups is 1. The summed E-state index contributed by atoms with van der Waals surface area (Å²) in [6.07, 6.45) is 6.05. The van der Waals surface area contributed by atoms with E-state index in [1.54, 1.807) is 36.8 Å². The molecule has 0 aliphatic rings. The zero-order chi connectivity index (χ0) is 20.3. The van der Waals surface area contributed by atoms with Crippen LogP contribution in [0.3, 0.4) is 0 Å². The van der Waals surface area contributed by atoms with Gasteiger partial charge in [-0.2, -0.15) is 5.26 Å². The van der Waals surface area contributed by atoms with Gasteiger partial charge in [0.1, 0.15) is 29.4 Å². The van der Waals surface area contributed by atoms with Gasteiger partial charge in [0.25, 0.3) is 5.91 Å². The summed E-state index contributed by atoms with van der Waals surface area (Å²) in [6, 6.07) is 5.10. The number of aromatic nitrogens is 4. The molecule has 1 amide bonds. The lowest BCUT2D eigenvalue weighted by molar-refractivity contribution is -0.114. The number of hydrogen-bond acceptors (Lipinski definition) is 6. The van der Waals surface area contributed by atoms with E-state index >= 15 is 0 Å². The first-order valence-electron chi connectivity index (χ1n) is 8.31. The number of fused-ring (bicyclic) bond motifs is 1. The molecule has 0 aromatic carbocycles. The minimum absolute atomic E-state index is 0.106. The smallest absolute Gasteiger partial charge is 0.259 e. The van der Waals surface area contributed by atoms with Crippen molar-refractivity contribution >= 4 is 23.1 Å². The predicted octanol–water partition coefficient (Wildman–Crippen LogP) is 2.54. The predicted molar refractivity (Wildman–Crippen MR) is 101 cm³/mol. The number of hydrogen-bond donors (Lipinski definition) is 2. The Morgan fingerprint density at radius 1 is 1.39 bits per heavy atom. The number of alkyl halides is 1. The molecule has 9 heteroatoms. The molecular formula is C19H17FN6O2. The summed E-state index contributed by atoms with van der Waals surface area (Å²) in [5, 5.41) is 9.01. The maximum absolute atomic E-state index is 13.5. The van der Waals surface area contributed by atoms with E-state index in [0.29, 0.717) is 33.9 Å². The lowest BCUT2D eigenvalue weighted by Crippen LogP contribution is -2.22. The van der Waals surface area contributed by atoms with Crippen molar-refractivity contribution in [3.8, 4) is 23.2 Å². The molecule has 28 heavy (non-hydrogen) atoms. The van der Waals surface area contributed by atoms with Crippen LogP contribution >= 0.6 is 0 Å². The Balaban J connectivity index is 1.91. The van der Waals surface area contributed by atoms with Crippen LogP contribution in [0, 0.1) is 11.3 Å². The van der Waals surface area contributed by atoms with Crippen LogP contribution in [0.25, 0.3) is 28.5 Å². The van der Waals surface area contributed by atoms with Crippen LogP contribution in [0.5, 0.6) is 5.88 Å². The fraction of sp³-hybridized carbons (Fsp3) is 0.211. The van der Waals surface area contributed by atoms with Crippen molar-refractivity contribution in [2.24, 2.45) is 5.73 Å². The van der Waals surface area contributed by atoms with Gasteiger partial charge in [-0.15, -0.1) is 0 Å². The van der Waals surface area contributed by atoms with Crippen molar-refractivity contribution in [1.29, 1.82) is 5.26 Å². The molecule has 3 rings (SSSR count). The number of pyridine rings is 1. The van der Waals surface area contributed by atoms with Gasteiger partial charge in [0.15, 0.2) is 5.65 Å². The lowest BCUT2D eigenvalue weighted by atomic mass is 10.1. The first-order valence-corrected chi connectivity index (χ1v) is 8.31. The van der Waals surface area contributed by atoms with Gasteiger partial charge in [-0.3, -0.25) is 4.79 Å². The monoisotopic (exact) mass is 380 g/mol. The number of nitrogens with two attached hydrogens (primary N) is 1. The van der Waals surface area contributed by atoms with Crippen LogP contribution in [0.15, 0.2) is 36.3 Å². The molecule has 142 valence electrons. The molecule has 0 bridgehead atoms. The molecule has 3 aromatic heterocycles. The highest BCUT2D eigenvalue weighted by Crippen LogP contribution is 2.23. The van der Waals surface area contributed by atoms with Crippen molar-refractivity contribution in [2.75, 3.05) is 6.61 Å². The van der Waals surface area contributed by atoms with Gasteiger partial charge in [-0.05, 0) is 26.0 Å². The highest BCUT2D eigenvalue weighted by Gasteiger charge is 2.17. The van der Waals surface area contributed by atoms with Crippen molar-refractivity contribution in [1.82, 2.24) is 19.9 Å². The fourth-order valence-electron chi connectivity index (χ4n) is 2.34. The Labute approximate surface area is 159 Å². The van der Waals surface area contributed by atoms with Crippen molar-refractivity contribution in [2.45, 2.75) is 19.5 Å². The summed E-state index contributed by atoms with van der Waals surface area (Å²) in [7, 11) is 0. The lowest BCUT2D eigenvalue weighted by Gasteiger charge is -2.14. The Kier molecular flexibility index (Phi) is 5.04. The maximum atomic E-state index is 13.5. The topological polar surface area (TPSA) is 131 Å². The van der Waals surface area contributed by atoms with Gasteiger partial charge >= 0.3 is 0 Å². The van der Waals surface area contributed by atoms with E-state index in [4.69, 9.17) is 15.7 Å². The molecule has 0 unspecified atom stereocenters. The van der Waals surface area contributed by atoms with Crippen LogP contribution in [0.4, 0.5) is 4.39 Å². The normalized spacial score (nSPS) is 12.0. The van der Waals surface area contributed by atoms with E-state index in [1.165, 1.54) is 19.9 Å². The molecule has 0 spiro atoms. The van der Waals surface area contributed by atoms with E-state index in [-0.39, 0.29) is 12.2 Å². The summed E-state index contributed by atoms with van der Waals surface area (Å²) < 4.78 is 18.8. The Morgan fingerprint density at radius 2 is 2.18 bits per heavy atom. The van der Waals surface area contributed by atoms with Crippen LogP contribution in [-0.2, 0) is 4.79 Å². The van der Waals surface area contributed by atoms with Crippen LogP contribution in [0.2, 0.25) is 0 Å². The number of primary amides is 1. The molecule has 0 aliphatic heterocycles. The fourth-order valence-corrected chi connectivity index (χ4v) is 2.34. The van der Waals surface area contributed by atoms with E-state index in [1.807, 2.05) is 0 Å². The molecule has 0 fully saturated rings. The highest BCUT2D eigenvalue weighted by atomic mass is 19.1. The second-order valence-electron chi connectivity index (χ2n) is 6.62. The van der Waals surface area contributed by atoms with E-state index in [9.17, 15) is 9.18 Å². The van der Waals surface area contributed by atoms with Crippen molar-refractivity contribution in [3.63, 3.8) is 0 Å². The molecular weight excluding hydrogens is 363 g/mol. The second kappa shape index (κ2) is 7.44. The minimum Gasteiger partial charge on any atom is -0.474 e. The number of H-pyrrole nitrogens is 1. The minimum atomic E-state index is -1.46. The Bertz CT molecular complexity index is 1090. The summed E-state index contributed by atoms with van der Waals surface area (Å²) in [4.78, 5) is 27.2. The summed E-state index contributed by atoms with van der Waals surface area (Å²) in [5.74, 6) is -0.522. The molecule has 3 N–H and O–H groups in total. The number of amides is 1. The van der Waals surface area contributed by atoms with Crippen LogP contribution in [-0.4, -0.2) is 38.1 Å². The van der Waals surface area contributed by atoms with E-state index in [2.05, 4.69) is 19.9 Å². The Morgan fingerprint density at radius 3 is 2.79 bits per heavy atom. The molecule has 0 aliphatic carbocycles. The van der Waals surface area contributed by atoms with Gasteiger partial charge in [0, 0.05) is 29.6 Å². The zero-order valence-corrected chi connectivity index (χ0v) is 15.2. The number of halogens is 1. The zero-order valence-electron chi connectivity index (χ0n) is 15.2. The third kappa shape index (κ3) is 4.29. The number of ether oxygens (including phenoxy) is 1. The summed E-state index contributed by atoms with van der Waals surface area (Å²) in [6.45, 7) is 2.74. The van der Waals surface area contributed by atoms with Crippen LogP contribution in [0.1, 0.15) is 19.4 Å². The van der Waals surface area contributed by atoms with Gasteiger partial charge in [-0.25, -0.2) is 19.3 Å². The largest absolute Gasteiger partial charge is 0.474 e. The molecule has 8 nitrogen and oxygen atoms in total. The van der Waals surface area contributed by atoms with Gasteiger partial charge in [-0.1, -0.05) is 0 Å². The second-order valence-corrected chi connectivity index (χ2v) is 6.62. The molecule has 3 heterocycles. The van der Waals surface area contributed by atoms with Crippen LogP contribution < -0.4 is 10.5 Å². The maximum Gasteiger partial charge on any atom is 0.259 e. The molecule has 0 atom stereocenters. The summed E-state index contributed by atoms with van der Waals surface area (Å²) >= 11 is 0. The van der Waals surface area contributed by atoms with Gasteiger partial charge < -0.3 is 15.5 Å². The molecule has 0 saturated heterocycles. The molecule has 3 aromatic rings. The van der Waals surface area contributed by atoms with E-state index < -0.39 is 11.6 Å². The number of carbonyl (C=O) groups excluding carboxylic acids is 1. The average molecular weight is 380 g/mol. The molecule has 0 radical (unpaired) electrons. The third-order valence-electron chi connectivity index (χ3n) is 3.69. The third-order valence-corrected chi connectivity index (χ3v) is 3.69. The number of nitrogens with zero attached hydrogens (tertiary/aromatic N) is 4. The Hall–Kier alpha value is -3.80. The van der Waals surface area contributed by atoms with Crippen molar-refractivity contribution < 1.29 is 13.9 Å². The summed E-state index contributed by atoms with van der Waals surface area (Å²) in [5.41, 5.74) is 6.22. The first-order chi connectivity index (χ1) is 13.3. The first kappa shape index (κ1) is 19.0. The van der Waals surface area contributed by atoms with Gasteiger partial charge in [0.2, 0.25) is 5.88 Å². The molecule has 0 saturated carbocycles. The SMILES string of the molecule is CC(C)(F)COc1ccc(-c2cnc3[nH]cc(C=C(C#N)C(N)=O)c3n2)cn1. The number of aromatic amines is 1. The standard InChI is InChI=1S/C19H17FN6O2/c1-19(2,20)10-28-15-4-3-11(7-23-15)14-9-25-18-16(26-14)13(8-24-18)5-12(6-21)17(22)27/h3-5,7-9H,10H2,1-2H3,(H2,22,27)(H,24,25). The highest BCUT2D eigenvalue weighted by molar-refractivity contribution is 6.02. The number of nitrogens with one attached hydrogen (secondary N) is 1. The number of rotatable bonds is 6.